The van der Waals surface area contributed by atoms with Gasteiger partial charge in [0.25, 0.3) is 0 Å². The molecule has 2 heterocycles. The van der Waals surface area contributed by atoms with Gasteiger partial charge in [-0.15, -0.1) is 0 Å². The van der Waals surface area contributed by atoms with E-state index >= 15 is 0 Å². The number of fused-ring (bicyclic) bond motifs is 1. The van der Waals surface area contributed by atoms with Gasteiger partial charge in [-0.25, -0.2) is 0 Å². The largest absolute Gasteiger partial charge is 0.507 e. The summed E-state index contributed by atoms with van der Waals surface area (Å²) in [4.78, 5) is 0. The van der Waals surface area contributed by atoms with Crippen molar-refractivity contribution in [2.45, 2.75) is 38.0 Å². The van der Waals surface area contributed by atoms with Gasteiger partial charge in [0.15, 0.2) is 0 Å². The maximum atomic E-state index is 9.90. The fourth-order valence-corrected chi connectivity index (χ4v) is 2.67. The van der Waals surface area contributed by atoms with E-state index in [4.69, 9.17) is 4.74 Å². The molecule has 3 fully saturated rings. The number of benzene rings is 1. The number of aromatic hydroxyl groups is 1. The summed E-state index contributed by atoms with van der Waals surface area (Å²) in [5.74, 6) is 0.418. The first-order valence-electron chi connectivity index (χ1n) is 5.83. The molecule has 2 N–H and O–H groups in total. The zero-order chi connectivity index (χ0) is 11.2. The third-order valence-electron chi connectivity index (χ3n) is 3.81. The van der Waals surface area contributed by atoms with E-state index in [0.29, 0.717) is 11.9 Å². The van der Waals surface area contributed by atoms with E-state index in [1.807, 2.05) is 25.1 Å². The van der Waals surface area contributed by atoms with Crippen LogP contribution in [0, 0.1) is 6.92 Å². The van der Waals surface area contributed by atoms with E-state index in [2.05, 4.69) is 5.32 Å². The van der Waals surface area contributed by atoms with E-state index in [0.717, 1.165) is 37.1 Å². The van der Waals surface area contributed by atoms with E-state index in [-0.39, 0.29) is 5.54 Å². The van der Waals surface area contributed by atoms with Crippen LogP contribution in [0.15, 0.2) is 18.2 Å². The molecule has 0 unspecified atom stereocenters. The summed E-state index contributed by atoms with van der Waals surface area (Å²) in [5, 5.41) is 13.4. The Labute approximate surface area is 95.4 Å². The molecule has 16 heavy (non-hydrogen) atoms. The molecule has 1 saturated carbocycles. The van der Waals surface area contributed by atoms with E-state index in [1.165, 1.54) is 0 Å². The number of hydrogen-bond acceptors (Lipinski definition) is 3. The van der Waals surface area contributed by atoms with Gasteiger partial charge in [0, 0.05) is 17.6 Å². The molecule has 0 amide bonds. The van der Waals surface area contributed by atoms with Crippen LogP contribution in [0.25, 0.3) is 0 Å². The molecule has 2 aliphatic heterocycles. The number of phenolic OH excluding ortho intramolecular Hbond substituents is 1. The second-order valence-corrected chi connectivity index (χ2v) is 5.06. The summed E-state index contributed by atoms with van der Waals surface area (Å²) < 4.78 is 5.55. The first kappa shape index (κ1) is 10.1. The third-order valence-corrected chi connectivity index (χ3v) is 3.81. The maximum Gasteiger partial charge on any atom is 0.122 e. The molecule has 3 aliphatic rings. The molecule has 0 atom stereocenters. The minimum atomic E-state index is 0.195. The quantitative estimate of drug-likeness (QED) is 0.813. The minimum Gasteiger partial charge on any atom is -0.507 e. The molecule has 0 spiro atoms. The van der Waals surface area contributed by atoms with Crippen molar-refractivity contribution in [3.8, 4) is 5.75 Å². The van der Waals surface area contributed by atoms with Gasteiger partial charge in [0.05, 0.1) is 12.7 Å². The van der Waals surface area contributed by atoms with Gasteiger partial charge in [-0.05, 0) is 25.3 Å². The Morgan fingerprint density at radius 3 is 3.00 bits per heavy atom. The molecular formula is C13H17NO2. The monoisotopic (exact) mass is 219 g/mol. The Balaban J connectivity index is 1.68. The van der Waals surface area contributed by atoms with Crippen molar-refractivity contribution in [3.05, 3.63) is 29.3 Å². The highest BCUT2D eigenvalue weighted by atomic mass is 16.5. The lowest BCUT2D eigenvalue weighted by atomic mass is 9.78. The van der Waals surface area contributed by atoms with Gasteiger partial charge in [0.2, 0.25) is 0 Å². The molecule has 3 heteroatoms. The minimum absolute atomic E-state index is 0.195. The van der Waals surface area contributed by atoms with Crippen LogP contribution in [-0.2, 0) is 11.3 Å². The van der Waals surface area contributed by atoms with Crippen molar-refractivity contribution >= 4 is 0 Å². The number of ether oxygens (including phenoxy) is 1. The van der Waals surface area contributed by atoms with Crippen LogP contribution in [0.4, 0.5) is 0 Å². The molecule has 0 radical (unpaired) electrons. The van der Waals surface area contributed by atoms with Gasteiger partial charge in [-0.1, -0.05) is 18.2 Å². The van der Waals surface area contributed by atoms with Crippen molar-refractivity contribution in [1.29, 1.82) is 0 Å². The van der Waals surface area contributed by atoms with Crippen molar-refractivity contribution in [1.82, 2.24) is 5.32 Å². The van der Waals surface area contributed by atoms with Crippen molar-refractivity contribution in [3.63, 3.8) is 0 Å². The number of para-hydroxylation sites is 1. The molecule has 2 bridgehead atoms. The Kier molecular flexibility index (Phi) is 2.19. The van der Waals surface area contributed by atoms with Gasteiger partial charge >= 0.3 is 0 Å². The van der Waals surface area contributed by atoms with Gasteiger partial charge in [0.1, 0.15) is 5.75 Å². The van der Waals surface area contributed by atoms with Crippen LogP contribution in [0.1, 0.15) is 24.0 Å². The second kappa shape index (κ2) is 3.47. The molecule has 1 aliphatic carbocycles. The molecule has 4 rings (SSSR count). The number of aryl methyl sites for hydroxylation is 1. The molecular weight excluding hydrogens is 202 g/mol. The lowest BCUT2D eigenvalue weighted by Gasteiger charge is -2.36. The summed E-state index contributed by atoms with van der Waals surface area (Å²) in [5.41, 5.74) is 2.11. The van der Waals surface area contributed by atoms with Crippen LogP contribution in [0.5, 0.6) is 5.75 Å². The first-order valence-corrected chi connectivity index (χ1v) is 5.83. The fraction of sp³-hybridized carbons (Fsp3) is 0.538. The standard InChI is InChI=1S/C13H17NO2/c1-9-3-2-4-10(12(9)15)7-14-13-5-11(6-13)16-8-13/h2-4,11,14-15H,5-8H2,1H3. The van der Waals surface area contributed by atoms with Crippen LogP contribution in [0.3, 0.4) is 0 Å². The smallest absolute Gasteiger partial charge is 0.122 e. The Bertz CT molecular complexity index is 405. The predicted octanol–water partition coefficient (Wildman–Crippen LogP) is 1.72. The van der Waals surface area contributed by atoms with Gasteiger partial charge in [-0.3, -0.25) is 0 Å². The lowest BCUT2D eigenvalue weighted by molar-refractivity contribution is 0.119. The summed E-state index contributed by atoms with van der Waals surface area (Å²) in [6.07, 6.45) is 2.73. The summed E-state index contributed by atoms with van der Waals surface area (Å²) in [6.45, 7) is 3.48. The maximum absolute atomic E-state index is 9.90. The second-order valence-electron chi connectivity index (χ2n) is 5.06. The lowest BCUT2D eigenvalue weighted by Crippen LogP contribution is -2.52. The van der Waals surface area contributed by atoms with E-state index in [1.54, 1.807) is 0 Å². The molecule has 2 saturated heterocycles. The van der Waals surface area contributed by atoms with Gasteiger partial charge < -0.3 is 15.2 Å². The van der Waals surface area contributed by atoms with Crippen molar-refractivity contribution in [2.24, 2.45) is 0 Å². The Morgan fingerprint density at radius 1 is 1.50 bits per heavy atom. The van der Waals surface area contributed by atoms with Crippen molar-refractivity contribution in [2.75, 3.05) is 6.61 Å². The SMILES string of the molecule is Cc1cccc(CNC23COC(C2)C3)c1O. The number of nitrogens with one attached hydrogen (secondary N) is 1. The number of rotatable bonds is 3. The summed E-state index contributed by atoms with van der Waals surface area (Å²) in [7, 11) is 0. The number of phenols is 1. The van der Waals surface area contributed by atoms with Crippen LogP contribution < -0.4 is 5.32 Å². The topological polar surface area (TPSA) is 41.5 Å². The molecule has 86 valence electrons. The normalized spacial score (nSPS) is 31.4. The predicted molar refractivity (Wildman–Crippen MR) is 61.4 cm³/mol. The van der Waals surface area contributed by atoms with Crippen LogP contribution >= 0.6 is 0 Å². The Morgan fingerprint density at radius 2 is 2.31 bits per heavy atom. The Hall–Kier alpha value is -1.06. The van der Waals surface area contributed by atoms with Crippen molar-refractivity contribution < 1.29 is 9.84 Å². The summed E-state index contributed by atoms with van der Waals surface area (Å²) in [6, 6.07) is 5.88. The zero-order valence-corrected chi connectivity index (χ0v) is 9.49. The summed E-state index contributed by atoms with van der Waals surface area (Å²) >= 11 is 0. The highest BCUT2D eigenvalue weighted by Crippen LogP contribution is 2.42. The highest BCUT2D eigenvalue weighted by Gasteiger charge is 2.51. The zero-order valence-electron chi connectivity index (χ0n) is 9.49. The fourth-order valence-electron chi connectivity index (χ4n) is 2.67. The highest BCUT2D eigenvalue weighted by molar-refractivity contribution is 5.39. The van der Waals surface area contributed by atoms with Crippen LogP contribution in [0.2, 0.25) is 0 Å². The molecule has 3 nitrogen and oxygen atoms in total. The average Bonchev–Trinajstić information content (AvgIpc) is 2.79. The third kappa shape index (κ3) is 1.51. The van der Waals surface area contributed by atoms with Crippen LogP contribution in [-0.4, -0.2) is 23.4 Å². The number of hydrogen-bond donors (Lipinski definition) is 2. The van der Waals surface area contributed by atoms with E-state index < -0.39 is 0 Å². The molecule has 0 aromatic heterocycles. The molecule has 1 aromatic carbocycles. The average molecular weight is 219 g/mol. The van der Waals surface area contributed by atoms with E-state index in [9.17, 15) is 5.11 Å². The molecule has 1 aromatic rings. The first-order chi connectivity index (χ1) is 7.69. The van der Waals surface area contributed by atoms with Gasteiger partial charge in [-0.2, -0.15) is 0 Å².